The minimum absolute atomic E-state index is 1.12. The average molecular weight is 604 g/mol. The molecule has 0 amide bonds. The Morgan fingerprint density at radius 3 is 1.91 bits per heavy atom. The lowest BCUT2D eigenvalue weighted by atomic mass is 9.96. The van der Waals surface area contributed by atoms with E-state index in [0.717, 1.165) is 17.1 Å². The Bertz CT molecular complexity index is 2530. The average Bonchev–Trinajstić information content (AvgIpc) is 3.49. The van der Waals surface area contributed by atoms with Gasteiger partial charge >= 0.3 is 0 Å². The van der Waals surface area contributed by atoms with Crippen LogP contribution in [-0.4, -0.2) is 0 Å². The summed E-state index contributed by atoms with van der Waals surface area (Å²) in [7, 11) is 0. The van der Waals surface area contributed by atoms with E-state index in [1.165, 1.54) is 64.0 Å². The van der Waals surface area contributed by atoms with Crippen molar-refractivity contribution in [2.75, 3.05) is 4.90 Å². The summed E-state index contributed by atoms with van der Waals surface area (Å²) in [4.78, 5) is 2.37. The first kappa shape index (κ1) is 26.7. The number of fused-ring (bicyclic) bond motifs is 5. The third-order valence-corrected chi connectivity index (χ3v) is 10.2. The van der Waals surface area contributed by atoms with Gasteiger partial charge in [-0.1, -0.05) is 121 Å². The molecule has 9 rings (SSSR count). The van der Waals surface area contributed by atoms with Crippen LogP contribution in [-0.2, 0) is 0 Å². The van der Waals surface area contributed by atoms with Crippen LogP contribution in [0.15, 0.2) is 176 Å². The predicted molar refractivity (Wildman–Crippen MR) is 200 cm³/mol. The molecule has 0 aliphatic carbocycles. The van der Waals surface area contributed by atoms with Crippen molar-refractivity contribution in [1.29, 1.82) is 0 Å². The van der Waals surface area contributed by atoms with Gasteiger partial charge in [0.05, 0.1) is 0 Å². The normalized spacial score (nSPS) is 11.5. The lowest BCUT2D eigenvalue weighted by Gasteiger charge is -2.26. The van der Waals surface area contributed by atoms with Crippen molar-refractivity contribution in [2.45, 2.75) is 0 Å². The highest BCUT2D eigenvalue weighted by molar-refractivity contribution is 7.25. The van der Waals surface area contributed by atoms with Gasteiger partial charge in [0.2, 0.25) is 0 Å². The number of hydrogen-bond donors (Lipinski definition) is 0. The molecule has 0 unspecified atom stereocenters. The Hall–Kier alpha value is -5.70. The summed E-state index contributed by atoms with van der Waals surface area (Å²) < 4.78 is 2.67. The van der Waals surface area contributed by atoms with Crippen LogP contribution >= 0.6 is 11.3 Å². The zero-order valence-electron chi connectivity index (χ0n) is 25.1. The van der Waals surface area contributed by atoms with Crippen LogP contribution in [0.2, 0.25) is 0 Å². The van der Waals surface area contributed by atoms with E-state index in [2.05, 4.69) is 181 Å². The fourth-order valence-electron chi connectivity index (χ4n) is 6.76. The van der Waals surface area contributed by atoms with Crippen molar-refractivity contribution in [2.24, 2.45) is 0 Å². The highest BCUT2D eigenvalue weighted by Gasteiger charge is 2.15. The zero-order chi connectivity index (χ0) is 30.5. The third kappa shape index (κ3) is 4.63. The summed E-state index contributed by atoms with van der Waals surface area (Å²) in [5, 5.41) is 7.69. The molecule has 2 heteroatoms. The molecule has 0 radical (unpaired) electrons. The number of thiophene rings is 1. The van der Waals surface area contributed by atoms with Crippen LogP contribution in [0.25, 0.3) is 64.0 Å². The predicted octanol–water partition coefficient (Wildman–Crippen LogP) is 13.2. The molecule has 0 aliphatic rings. The fraction of sp³-hybridized carbons (Fsp3) is 0. The maximum atomic E-state index is 2.39. The first-order valence-electron chi connectivity index (χ1n) is 15.7. The maximum Gasteiger partial charge on any atom is 0.0468 e. The molecule has 0 N–H and O–H groups in total. The molecule has 0 atom stereocenters. The summed E-state index contributed by atoms with van der Waals surface area (Å²) in [6.45, 7) is 0. The molecule has 9 aromatic rings. The van der Waals surface area contributed by atoms with Gasteiger partial charge in [-0.15, -0.1) is 11.3 Å². The highest BCUT2D eigenvalue weighted by Crippen LogP contribution is 2.41. The molecule has 0 aliphatic heterocycles. The Morgan fingerprint density at radius 1 is 0.326 bits per heavy atom. The van der Waals surface area contributed by atoms with Gasteiger partial charge in [-0.3, -0.25) is 0 Å². The number of rotatable bonds is 5. The van der Waals surface area contributed by atoms with Crippen molar-refractivity contribution >= 4 is 70.1 Å². The lowest BCUT2D eigenvalue weighted by molar-refractivity contribution is 1.29. The zero-order valence-corrected chi connectivity index (χ0v) is 25.9. The van der Waals surface area contributed by atoms with Gasteiger partial charge in [-0.05, 0) is 98.4 Å². The van der Waals surface area contributed by atoms with Crippen LogP contribution in [0.3, 0.4) is 0 Å². The number of benzene rings is 8. The second-order valence-electron chi connectivity index (χ2n) is 11.8. The van der Waals surface area contributed by atoms with Gasteiger partial charge in [0, 0.05) is 37.2 Å². The van der Waals surface area contributed by atoms with Crippen LogP contribution in [0, 0.1) is 0 Å². The summed E-state index contributed by atoms with van der Waals surface area (Å²) in [5.74, 6) is 0. The quantitative estimate of drug-likeness (QED) is 0.189. The number of anilines is 3. The lowest BCUT2D eigenvalue weighted by Crippen LogP contribution is -2.10. The van der Waals surface area contributed by atoms with Gasteiger partial charge < -0.3 is 4.90 Å². The van der Waals surface area contributed by atoms with E-state index in [4.69, 9.17) is 0 Å². The molecule has 1 heterocycles. The second kappa shape index (κ2) is 11.0. The molecule has 46 heavy (non-hydrogen) atoms. The number of nitrogens with zero attached hydrogens (tertiary/aromatic N) is 1. The van der Waals surface area contributed by atoms with E-state index in [1.807, 2.05) is 11.3 Å². The Balaban J connectivity index is 1.17. The smallest absolute Gasteiger partial charge is 0.0468 e. The van der Waals surface area contributed by atoms with Gasteiger partial charge in [0.15, 0.2) is 0 Å². The number of hydrogen-bond acceptors (Lipinski definition) is 2. The minimum atomic E-state index is 1.12. The summed E-state index contributed by atoms with van der Waals surface area (Å²) in [6.07, 6.45) is 0. The summed E-state index contributed by atoms with van der Waals surface area (Å²) in [6, 6.07) is 64.0. The molecular formula is C44H29NS. The van der Waals surface area contributed by atoms with Crippen LogP contribution in [0.4, 0.5) is 17.1 Å². The highest BCUT2D eigenvalue weighted by atomic mass is 32.1. The first-order valence-corrected chi connectivity index (χ1v) is 16.5. The molecule has 1 aromatic heterocycles. The van der Waals surface area contributed by atoms with Crippen molar-refractivity contribution in [1.82, 2.24) is 0 Å². The van der Waals surface area contributed by atoms with E-state index >= 15 is 0 Å². The van der Waals surface area contributed by atoms with Crippen LogP contribution < -0.4 is 4.90 Å². The second-order valence-corrected chi connectivity index (χ2v) is 12.9. The van der Waals surface area contributed by atoms with Gasteiger partial charge in [0.25, 0.3) is 0 Å². The van der Waals surface area contributed by atoms with Gasteiger partial charge in [0.1, 0.15) is 0 Å². The molecule has 1 nitrogen and oxygen atoms in total. The van der Waals surface area contributed by atoms with Crippen LogP contribution in [0.1, 0.15) is 0 Å². The van der Waals surface area contributed by atoms with E-state index < -0.39 is 0 Å². The van der Waals surface area contributed by atoms with Crippen molar-refractivity contribution in [3.8, 4) is 22.3 Å². The molecule has 8 aromatic carbocycles. The van der Waals surface area contributed by atoms with E-state index in [-0.39, 0.29) is 0 Å². The SMILES string of the molecule is c1ccc(-c2cccc(N(c3ccc(-c4cccc5cc6sc7ccccc7c6cc45)cc3)c3ccc4ccccc4c3)c2)cc1. The molecular weight excluding hydrogens is 575 g/mol. The monoisotopic (exact) mass is 603 g/mol. The third-order valence-electron chi connectivity index (χ3n) is 9.02. The van der Waals surface area contributed by atoms with Crippen LogP contribution in [0.5, 0.6) is 0 Å². The Labute approximate surface area is 272 Å². The standard InChI is InChI=1S/C44H29NS/c1-2-10-30(11-3-1)34-14-8-16-37(26-34)45(38-25-20-31-12-4-5-13-33(31)27-38)36-23-21-32(22-24-36)39-18-9-15-35-28-44-42(29-41(35)39)40-17-6-7-19-43(40)46-44/h1-29H. The summed E-state index contributed by atoms with van der Waals surface area (Å²) in [5.41, 5.74) is 8.25. The molecule has 0 spiro atoms. The van der Waals surface area contributed by atoms with E-state index in [1.54, 1.807) is 0 Å². The van der Waals surface area contributed by atoms with Crippen molar-refractivity contribution < 1.29 is 0 Å². The van der Waals surface area contributed by atoms with Gasteiger partial charge in [-0.25, -0.2) is 0 Å². The summed E-state index contributed by atoms with van der Waals surface area (Å²) >= 11 is 1.87. The Morgan fingerprint density at radius 2 is 1.02 bits per heavy atom. The minimum Gasteiger partial charge on any atom is -0.310 e. The van der Waals surface area contributed by atoms with Gasteiger partial charge in [-0.2, -0.15) is 0 Å². The Kier molecular flexibility index (Phi) is 6.40. The molecule has 0 saturated heterocycles. The van der Waals surface area contributed by atoms with E-state index in [9.17, 15) is 0 Å². The fourth-order valence-corrected chi connectivity index (χ4v) is 7.89. The largest absolute Gasteiger partial charge is 0.310 e. The first-order chi connectivity index (χ1) is 22.8. The molecule has 0 fully saturated rings. The van der Waals surface area contributed by atoms with Crippen molar-refractivity contribution in [3.63, 3.8) is 0 Å². The van der Waals surface area contributed by atoms with Crippen molar-refractivity contribution in [3.05, 3.63) is 176 Å². The maximum absolute atomic E-state index is 2.39. The van der Waals surface area contributed by atoms with E-state index in [0.29, 0.717) is 0 Å². The topological polar surface area (TPSA) is 3.24 Å². The molecule has 216 valence electrons. The molecule has 0 saturated carbocycles. The molecule has 0 bridgehead atoms.